The van der Waals surface area contributed by atoms with E-state index in [-0.39, 0.29) is 0 Å². The van der Waals surface area contributed by atoms with E-state index in [1.54, 1.807) is 0 Å². The van der Waals surface area contributed by atoms with Crippen molar-refractivity contribution in [2.24, 2.45) is 0 Å². The molecule has 2 aliphatic heterocycles. The van der Waals surface area contributed by atoms with Crippen molar-refractivity contribution >= 4 is 63.7 Å². The van der Waals surface area contributed by atoms with Gasteiger partial charge in [0.1, 0.15) is 12.7 Å². The lowest BCUT2D eigenvalue weighted by Crippen LogP contribution is -2.51. The summed E-state index contributed by atoms with van der Waals surface area (Å²) in [6, 6.07) is 0. The SMILES string of the molecule is OC(CN1CCNCC1)C1COc2c(Br)c(Br)c(Br)c(Br)c2O1. The van der Waals surface area contributed by atoms with E-state index in [0.717, 1.165) is 44.1 Å². The summed E-state index contributed by atoms with van der Waals surface area (Å²) >= 11 is 14.0. The number of benzene rings is 1. The van der Waals surface area contributed by atoms with Crippen LogP contribution in [0.25, 0.3) is 0 Å². The normalized spacial score (nSPS) is 22.9. The van der Waals surface area contributed by atoms with Crippen molar-refractivity contribution in [3.63, 3.8) is 0 Å². The fourth-order valence-corrected chi connectivity index (χ4v) is 4.90. The van der Waals surface area contributed by atoms with Crippen LogP contribution in [0.3, 0.4) is 0 Å². The zero-order valence-electron chi connectivity index (χ0n) is 12.1. The maximum atomic E-state index is 10.5. The Kier molecular flexibility index (Phi) is 6.31. The van der Waals surface area contributed by atoms with Crippen molar-refractivity contribution in [2.45, 2.75) is 12.2 Å². The highest BCUT2D eigenvalue weighted by Crippen LogP contribution is 2.52. The summed E-state index contributed by atoms with van der Waals surface area (Å²) in [5.41, 5.74) is 0. The van der Waals surface area contributed by atoms with Crippen molar-refractivity contribution in [3.05, 3.63) is 17.9 Å². The molecule has 1 fully saturated rings. The Morgan fingerprint density at radius 2 is 1.65 bits per heavy atom. The highest BCUT2D eigenvalue weighted by atomic mass is 79.9. The zero-order chi connectivity index (χ0) is 16.6. The topological polar surface area (TPSA) is 54.0 Å². The number of fused-ring (bicyclic) bond motifs is 1. The van der Waals surface area contributed by atoms with E-state index >= 15 is 0 Å². The molecule has 2 unspecified atom stereocenters. The number of aliphatic hydroxyl groups excluding tert-OH is 1. The summed E-state index contributed by atoms with van der Waals surface area (Å²) in [5.74, 6) is 1.24. The van der Waals surface area contributed by atoms with Crippen LogP contribution in [0, 0.1) is 0 Å². The van der Waals surface area contributed by atoms with Gasteiger partial charge in [-0.1, -0.05) is 0 Å². The van der Waals surface area contributed by atoms with Gasteiger partial charge in [0.25, 0.3) is 0 Å². The van der Waals surface area contributed by atoms with Gasteiger partial charge in [-0.25, -0.2) is 0 Å². The van der Waals surface area contributed by atoms with Crippen LogP contribution in [-0.2, 0) is 0 Å². The number of ether oxygens (including phenoxy) is 2. The highest BCUT2D eigenvalue weighted by molar-refractivity contribution is 9.15. The molecule has 2 atom stereocenters. The predicted molar refractivity (Wildman–Crippen MR) is 102 cm³/mol. The Balaban J connectivity index is 1.74. The second-order valence-corrected chi connectivity index (χ2v) is 8.67. The third-order valence-corrected chi connectivity index (χ3v) is 8.62. The first-order chi connectivity index (χ1) is 11.0. The van der Waals surface area contributed by atoms with Crippen molar-refractivity contribution in [3.8, 4) is 11.5 Å². The van der Waals surface area contributed by atoms with Crippen molar-refractivity contribution in [2.75, 3.05) is 39.3 Å². The third kappa shape index (κ3) is 3.91. The van der Waals surface area contributed by atoms with Gasteiger partial charge >= 0.3 is 0 Å². The summed E-state index contributed by atoms with van der Waals surface area (Å²) in [6.07, 6.45) is -0.997. The Morgan fingerprint density at radius 1 is 1.04 bits per heavy atom. The Bertz CT molecular complexity index is 596. The number of aliphatic hydroxyl groups is 1. The molecular formula is C14H16Br4N2O3. The molecule has 128 valence electrons. The lowest BCUT2D eigenvalue weighted by molar-refractivity contribution is -0.0274. The van der Waals surface area contributed by atoms with Crippen LogP contribution in [0.4, 0.5) is 0 Å². The fraction of sp³-hybridized carbons (Fsp3) is 0.571. The largest absolute Gasteiger partial charge is 0.484 e. The number of rotatable bonds is 3. The summed E-state index contributed by atoms with van der Waals surface area (Å²) in [4.78, 5) is 2.24. The second kappa shape index (κ2) is 7.88. The van der Waals surface area contributed by atoms with Gasteiger partial charge in [0.05, 0.1) is 17.9 Å². The first kappa shape index (κ1) is 18.4. The van der Waals surface area contributed by atoms with Crippen molar-refractivity contribution in [1.29, 1.82) is 0 Å². The van der Waals surface area contributed by atoms with Crippen LogP contribution in [0.2, 0.25) is 0 Å². The van der Waals surface area contributed by atoms with Gasteiger partial charge in [-0.3, -0.25) is 4.90 Å². The van der Waals surface area contributed by atoms with E-state index in [1.807, 2.05) is 0 Å². The lowest BCUT2D eigenvalue weighted by Gasteiger charge is -2.35. The molecule has 3 rings (SSSR count). The van der Waals surface area contributed by atoms with Crippen LogP contribution in [-0.4, -0.2) is 61.5 Å². The molecule has 1 aromatic carbocycles. The first-order valence-electron chi connectivity index (χ1n) is 7.25. The molecule has 0 spiro atoms. The molecule has 0 aromatic heterocycles. The average molecular weight is 580 g/mol. The number of nitrogens with zero attached hydrogens (tertiary/aromatic N) is 1. The van der Waals surface area contributed by atoms with E-state index in [1.165, 1.54) is 0 Å². The molecule has 0 bridgehead atoms. The van der Waals surface area contributed by atoms with Gasteiger partial charge in [-0.05, 0) is 63.7 Å². The Morgan fingerprint density at radius 3 is 2.30 bits per heavy atom. The zero-order valence-corrected chi connectivity index (χ0v) is 18.5. The van der Waals surface area contributed by atoms with Gasteiger partial charge in [0.2, 0.25) is 0 Å². The minimum absolute atomic E-state index is 0.319. The van der Waals surface area contributed by atoms with Crippen LogP contribution >= 0.6 is 63.7 Å². The molecule has 1 saturated heterocycles. The average Bonchev–Trinajstić information content (AvgIpc) is 2.58. The quantitative estimate of drug-likeness (QED) is 0.426. The molecule has 2 aliphatic rings. The van der Waals surface area contributed by atoms with E-state index in [2.05, 4.69) is 73.9 Å². The summed E-state index contributed by atoms with van der Waals surface area (Å²) in [6.45, 7) is 4.69. The molecule has 2 heterocycles. The number of hydrogen-bond acceptors (Lipinski definition) is 5. The maximum Gasteiger partial charge on any atom is 0.178 e. The highest BCUT2D eigenvalue weighted by Gasteiger charge is 2.33. The van der Waals surface area contributed by atoms with Crippen LogP contribution in [0.1, 0.15) is 0 Å². The van der Waals surface area contributed by atoms with Gasteiger partial charge in [0, 0.05) is 32.7 Å². The first-order valence-corrected chi connectivity index (χ1v) is 10.4. The second-order valence-electron chi connectivity index (χ2n) is 5.50. The Labute approximate surface area is 168 Å². The smallest absolute Gasteiger partial charge is 0.178 e. The number of nitrogens with one attached hydrogen (secondary N) is 1. The molecule has 23 heavy (non-hydrogen) atoms. The fourth-order valence-electron chi connectivity index (χ4n) is 2.64. The Hall–Kier alpha value is 0.620. The molecule has 1 aromatic rings. The summed E-state index contributed by atoms with van der Waals surface area (Å²) in [7, 11) is 0. The lowest BCUT2D eigenvalue weighted by atomic mass is 10.1. The standard InChI is InChI=1S/C14H16Br4N2O3/c15-9-10(16)12(18)14-13(11(9)17)22-6-8(23-14)7(21)5-20-3-1-19-2-4-20/h7-8,19,21H,1-6H2. The maximum absolute atomic E-state index is 10.5. The van der Waals surface area contributed by atoms with E-state index < -0.39 is 12.2 Å². The summed E-state index contributed by atoms with van der Waals surface area (Å²) in [5, 5.41) is 13.8. The molecule has 0 aliphatic carbocycles. The molecule has 0 amide bonds. The van der Waals surface area contributed by atoms with Crippen molar-refractivity contribution in [1.82, 2.24) is 10.2 Å². The van der Waals surface area contributed by atoms with Gasteiger partial charge in [-0.15, -0.1) is 0 Å². The van der Waals surface area contributed by atoms with Crippen LogP contribution in [0.15, 0.2) is 17.9 Å². The van der Waals surface area contributed by atoms with E-state index in [9.17, 15) is 5.11 Å². The van der Waals surface area contributed by atoms with Crippen molar-refractivity contribution < 1.29 is 14.6 Å². The monoisotopic (exact) mass is 576 g/mol. The molecule has 5 nitrogen and oxygen atoms in total. The predicted octanol–water partition coefficient (Wildman–Crippen LogP) is 3.14. The van der Waals surface area contributed by atoms with E-state index in [0.29, 0.717) is 24.7 Å². The molecule has 0 saturated carbocycles. The minimum atomic E-state index is -0.602. The van der Waals surface area contributed by atoms with Gasteiger partial charge in [0.15, 0.2) is 17.6 Å². The molecule has 0 radical (unpaired) electrons. The van der Waals surface area contributed by atoms with Crippen LogP contribution in [0.5, 0.6) is 11.5 Å². The number of piperazine rings is 1. The van der Waals surface area contributed by atoms with Gasteiger partial charge < -0.3 is 19.9 Å². The van der Waals surface area contributed by atoms with Gasteiger partial charge in [-0.2, -0.15) is 0 Å². The number of halogens is 4. The summed E-state index contributed by atoms with van der Waals surface area (Å²) < 4.78 is 15.1. The third-order valence-electron chi connectivity index (χ3n) is 3.93. The molecular weight excluding hydrogens is 564 g/mol. The molecule has 2 N–H and O–H groups in total. The number of β-amino-alcohol motifs (C(OH)–C–C–N with tert-alkyl or cyclic N) is 1. The molecule has 9 heteroatoms. The number of hydrogen-bond donors (Lipinski definition) is 2. The van der Waals surface area contributed by atoms with Crippen LogP contribution < -0.4 is 14.8 Å². The minimum Gasteiger partial charge on any atom is -0.484 e. The van der Waals surface area contributed by atoms with E-state index in [4.69, 9.17) is 9.47 Å².